The molecule has 0 fully saturated rings. The van der Waals surface area contributed by atoms with Crippen molar-refractivity contribution in [2.75, 3.05) is 32.9 Å². The number of nitrogens with one attached hydrogen (secondary N) is 2. The molecule has 0 aliphatic heterocycles. The van der Waals surface area contributed by atoms with Crippen LogP contribution in [0.2, 0.25) is 0 Å². The van der Waals surface area contributed by atoms with E-state index in [1.807, 2.05) is 45.0 Å². The van der Waals surface area contributed by atoms with E-state index in [1.165, 1.54) is 0 Å². The fourth-order valence-corrected chi connectivity index (χ4v) is 2.85. The minimum atomic E-state index is -1.14. The minimum Gasteiger partial charge on any atom is -0.463 e. The maximum atomic E-state index is 10.7. The highest BCUT2D eigenvalue weighted by Crippen LogP contribution is 2.21. The summed E-state index contributed by atoms with van der Waals surface area (Å²) in [5, 5.41) is 17.1. The number of hydrogen-bond acceptors (Lipinski definition) is 5. The number of aliphatic hydroxyl groups is 1. The van der Waals surface area contributed by atoms with Crippen molar-refractivity contribution in [2.45, 2.75) is 46.4 Å². The van der Waals surface area contributed by atoms with E-state index >= 15 is 0 Å². The van der Waals surface area contributed by atoms with Crippen molar-refractivity contribution in [3.63, 3.8) is 0 Å². The predicted octanol–water partition coefficient (Wildman–Crippen LogP) is 3.72. The third-order valence-corrected chi connectivity index (χ3v) is 4.47. The lowest BCUT2D eigenvalue weighted by Crippen LogP contribution is -2.44. The van der Waals surface area contributed by atoms with E-state index in [2.05, 4.69) is 21.7 Å². The zero-order valence-electron chi connectivity index (χ0n) is 18.9. The highest BCUT2D eigenvalue weighted by atomic mass is 127. The summed E-state index contributed by atoms with van der Waals surface area (Å²) in [5.74, 6) is 1.94. The van der Waals surface area contributed by atoms with Crippen LogP contribution in [-0.2, 0) is 28.2 Å². The number of rotatable bonds is 12. The number of nitrogens with zero attached hydrogens (tertiary/aromatic N) is 1. The van der Waals surface area contributed by atoms with Gasteiger partial charge in [-0.15, -0.1) is 24.0 Å². The first-order valence-electron chi connectivity index (χ1n) is 10.5. The summed E-state index contributed by atoms with van der Waals surface area (Å²) in [6, 6.07) is 11.8. The lowest BCUT2D eigenvalue weighted by molar-refractivity contribution is 0.0378. The van der Waals surface area contributed by atoms with E-state index in [0.717, 1.165) is 23.4 Å². The second-order valence-corrected chi connectivity index (χ2v) is 7.30. The van der Waals surface area contributed by atoms with E-state index < -0.39 is 5.60 Å². The average molecular weight is 545 g/mol. The van der Waals surface area contributed by atoms with Crippen molar-refractivity contribution < 1.29 is 19.0 Å². The van der Waals surface area contributed by atoms with E-state index in [9.17, 15) is 5.11 Å². The fourth-order valence-electron chi connectivity index (χ4n) is 2.85. The predicted molar refractivity (Wildman–Crippen MR) is 134 cm³/mol. The first-order valence-corrected chi connectivity index (χ1v) is 10.5. The largest absolute Gasteiger partial charge is 0.463 e. The van der Waals surface area contributed by atoms with E-state index in [0.29, 0.717) is 44.7 Å². The smallest absolute Gasteiger partial charge is 0.191 e. The molecule has 174 valence electrons. The molecular formula is C23H36IN3O4. The molecule has 0 saturated carbocycles. The molecule has 31 heavy (non-hydrogen) atoms. The molecule has 0 aliphatic rings. The maximum absolute atomic E-state index is 10.7. The Balaban J connectivity index is 0.00000480. The molecule has 1 unspecified atom stereocenters. The quantitative estimate of drug-likeness (QED) is 0.163. The van der Waals surface area contributed by atoms with Crippen LogP contribution in [0.4, 0.5) is 0 Å². The molecule has 1 aromatic carbocycles. The molecule has 3 N–H and O–H groups in total. The number of halogens is 1. The van der Waals surface area contributed by atoms with Gasteiger partial charge in [0, 0.05) is 13.2 Å². The van der Waals surface area contributed by atoms with Crippen molar-refractivity contribution in [3.8, 4) is 0 Å². The Bertz CT molecular complexity index is 793. The SMILES string of the molecule is CCNC(=NCc1cccc(COCCOCC)c1)NCC(C)(O)c1ccc(C)o1.I. The zero-order valence-corrected chi connectivity index (χ0v) is 21.3. The molecule has 0 aliphatic carbocycles. The van der Waals surface area contributed by atoms with Crippen LogP contribution in [0.3, 0.4) is 0 Å². The van der Waals surface area contributed by atoms with Crippen LogP contribution < -0.4 is 10.6 Å². The summed E-state index contributed by atoms with van der Waals surface area (Å²) in [6.07, 6.45) is 0. The number of hydrogen-bond donors (Lipinski definition) is 3. The molecule has 0 bridgehead atoms. The van der Waals surface area contributed by atoms with Gasteiger partial charge in [-0.25, -0.2) is 4.99 Å². The van der Waals surface area contributed by atoms with Crippen LogP contribution in [0.1, 0.15) is 43.4 Å². The van der Waals surface area contributed by atoms with Crippen LogP contribution in [0.15, 0.2) is 45.8 Å². The number of aryl methyl sites for hydroxylation is 1. The Hall–Kier alpha value is -1.62. The number of ether oxygens (including phenoxy) is 2. The van der Waals surface area contributed by atoms with Crippen molar-refractivity contribution in [2.24, 2.45) is 4.99 Å². The Morgan fingerprint density at radius 1 is 1.10 bits per heavy atom. The Labute approximate surface area is 202 Å². The Morgan fingerprint density at radius 2 is 1.84 bits per heavy atom. The van der Waals surface area contributed by atoms with Crippen molar-refractivity contribution in [1.82, 2.24) is 10.6 Å². The molecule has 1 atom stereocenters. The number of aliphatic imine (C=N–C) groups is 1. The van der Waals surface area contributed by atoms with Crippen molar-refractivity contribution in [3.05, 3.63) is 59.0 Å². The Kier molecular flexibility index (Phi) is 12.8. The monoisotopic (exact) mass is 545 g/mol. The summed E-state index contributed by atoms with van der Waals surface area (Å²) >= 11 is 0. The standard InChI is InChI=1S/C23H35N3O4.HI/c1-5-24-22(26-17-23(4,27)21-11-10-18(3)30-21)25-15-19-8-7-9-20(14-19)16-29-13-12-28-6-2;/h7-11,14,27H,5-6,12-13,15-17H2,1-4H3,(H2,24,25,26);1H. The second kappa shape index (κ2) is 14.4. The van der Waals surface area contributed by atoms with Gasteiger partial charge in [0.05, 0.1) is 32.9 Å². The van der Waals surface area contributed by atoms with Gasteiger partial charge < -0.3 is 29.6 Å². The van der Waals surface area contributed by atoms with Gasteiger partial charge in [-0.05, 0) is 51.0 Å². The van der Waals surface area contributed by atoms with Gasteiger partial charge in [0.1, 0.15) is 17.1 Å². The highest BCUT2D eigenvalue weighted by Gasteiger charge is 2.27. The topological polar surface area (TPSA) is 88.3 Å². The zero-order chi connectivity index (χ0) is 21.8. The van der Waals surface area contributed by atoms with Gasteiger partial charge in [0.15, 0.2) is 5.96 Å². The summed E-state index contributed by atoms with van der Waals surface area (Å²) in [6.45, 7) is 11.5. The van der Waals surface area contributed by atoms with Gasteiger partial charge in [-0.1, -0.05) is 24.3 Å². The fraction of sp³-hybridized carbons (Fsp3) is 0.522. The minimum absolute atomic E-state index is 0. The van der Waals surface area contributed by atoms with Crippen LogP contribution in [0, 0.1) is 6.92 Å². The van der Waals surface area contributed by atoms with E-state index in [4.69, 9.17) is 13.9 Å². The van der Waals surface area contributed by atoms with Crippen LogP contribution >= 0.6 is 24.0 Å². The van der Waals surface area contributed by atoms with Gasteiger partial charge in [-0.2, -0.15) is 0 Å². The summed E-state index contributed by atoms with van der Waals surface area (Å²) < 4.78 is 16.5. The van der Waals surface area contributed by atoms with E-state index in [-0.39, 0.29) is 30.5 Å². The van der Waals surface area contributed by atoms with Crippen LogP contribution in [0.25, 0.3) is 0 Å². The molecule has 8 heteroatoms. The van der Waals surface area contributed by atoms with Crippen LogP contribution in [-0.4, -0.2) is 44.0 Å². The average Bonchev–Trinajstić information content (AvgIpc) is 3.18. The first-order chi connectivity index (χ1) is 14.4. The van der Waals surface area contributed by atoms with Gasteiger partial charge in [0.2, 0.25) is 0 Å². The lowest BCUT2D eigenvalue weighted by atomic mass is 10.0. The number of guanidine groups is 1. The highest BCUT2D eigenvalue weighted by molar-refractivity contribution is 14.0. The third kappa shape index (κ3) is 10.0. The normalized spacial score (nSPS) is 13.4. The van der Waals surface area contributed by atoms with Gasteiger partial charge >= 0.3 is 0 Å². The van der Waals surface area contributed by atoms with Gasteiger partial charge in [-0.3, -0.25) is 0 Å². The molecule has 0 saturated heterocycles. The molecule has 1 heterocycles. The van der Waals surface area contributed by atoms with Crippen molar-refractivity contribution >= 4 is 29.9 Å². The summed E-state index contributed by atoms with van der Waals surface area (Å²) in [5.41, 5.74) is 1.06. The molecule has 2 aromatic rings. The maximum Gasteiger partial charge on any atom is 0.191 e. The lowest BCUT2D eigenvalue weighted by Gasteiger charge is -2.22. The molecule has 0 amide bonds. The first kappa shape index (κ1) is 27.4. The third-order valence-electron chi connectivity index (χ3n) is 4.47. The number of benzene rings is 1. The van der Waals surface area contributed by atoms with Crippen LogP contribution in [0.5, 0.6) is 0 Å². The van der Waals surface area contributed by atoms with Crippen molar-refractivity contribution in [1.29, 1.82) is 0 Å². The Morgan fingerprint density at radius 3 is 2.52 bits per heavy atom. The molecule has 1 aromatic heterocycles. The molecule has 7 nitrogen and oxygen atoms in total. The number of furan rings is 1. The van der Waals surface area contributed by atoms with E-state index in [1.54, 1.807) is 13.0 Å². The molecular weight excluding hydrogens is 509 g/mol. The molecule has 0 spiro atoms. The summed E-state index contributed by atoms with van der Waals surface area (Å²) in [7, 11) is 0. The second-order valence-electron chi connectivity index (χ2n) is 7.30. The molecule has 0 radical (unpaired) electrons. The van der Waals surface area contributed by atoms with Gasteiger partial charge in [0.25, 0.3) is 0 Å². The molecule has 2 rings (SSSR count). The summed E-state index contributed by atoms with van der Waals surface area (Å²) in [4.78, 5) is 4.64.